The molecule has 0 aliphatic carbocycles. The van der Waals surface area contributed by atoms with Gasteiger partial charge in [-0.3, -0.25) is 0 Å². The van der Waals surface area contributed by atoms with Crippen molar-refractivity contribution in [3.8, 4) is 0 Å². The second-order valence-corrected chi connectivity index (χ2v) is 8.29. The zero-order valence-corrected chi connectivity index (χ0v) is 12.7. The number of rotatable bonds is 3. The average Bonchev–Trinajstić information content (AvgIpc) is 2.76. The summed E-state index contributed by atoms with van der Waals surface area (Å²) in [6.45, 7) is 2.30. The van der Waals surface area contributed by atoms with Crippen molar-refractivity contribution in [3.63, 3.8) is 0 Å². The molecule has 0 spiro atoms. The third-order valence-electron chi connectivity index (χ3n) is 3.44. The van der Waals surface area contributed by atoms with Crippen molar-refractivity contribution < 1.29 is 23.4 Å². The smallest absolute Gasteiger partial charge is 0.336 e. The Morgan fingerprint density at radius 2 is 2.10 bits per heavy atom. The third kappa shape index (κ3) is 3.20. The van der Waals surface area contributed by atoms with E-state index in [1.807, 2.05) is 0 Å². The van der Waals surface area contributed by atoms with E-state index in [-0.39, 0.29) is 16.3 Å². The topological polar surface area (TPSA) is 94.9 Å². The molecule has 2 N–H and O–H groups in total. The van der Waals surface area contributed by atoms with E-state index in [2.05, 4.69) is 0 Å². The minimum atomic E-state index is -3.67. The van der Waals surface area contributed by atoms with Crippen LogP contribution in [0.2, 0.25) is 0 Å². The second-order valence-electron chi connectivity index (χ2n) is 5.21. The SMILES string of the molecule is CC1(O)CCCN(S(=O)(=O)c2cc(C(=O)O)cs2)CC1. The lowest BCUT2D eigenvalue weighted by atomic mass is 9.98. The Labute approximate surface area is 121 Å². The molecule has 1 aliphatic heterocycles. The Bertz CT molecular complexity index is 605. The molecule has 0 bridgehead atoms. The van der Waals surface area contributed by atoms with Crippen molar-refractivity contribution in [2.75, 3.05) is 13.1 Å². The van der Waals surface area contributed by atoms with Gasteiger partial charge in [0.05, 0.1) is 11.2 Å². The lowest BCUT2D eigenvalue weighted by molar-refractivity contribution is 0.0465. The molecule has 1 atom stereocenters. The highest BCUT2D eigenvalue weighted by Crippen LogP contribution is 2.28. The highest BCUT2D eigenvalue weighted by Gasteiger charge is 2.32. The van der Waals surface area contributed by atoms with Crippen LogP contribution >= 0.6 is 11.3 Å². The highest BCUT2D eigenvalue weighted by atomic mass is 32.2. The van der Waals surface area contributed by atoms with Crippen LogP contribution in [-0.4, -0.2) is 47.6 Å². The number of carboxylic acid groups (broad SMARTS) is 1. The molecule has 2 rings (SSSR count). The summed E-state index contributed by atoms with van der Waals surface area (Å²) in [7, 11) is -3.67. The summed E-state index contributed by atoms with van der Waals surface area (Å²) >= 11 is 0.912. The van der Waals surface area contributed by atoms with Gasteiger partial charge in [0.25, 0.3) is 10.0 Å². The first kappa shape index (κ1) is 15.4. The highest BCUT2D eigenvalue weighted by molar-refractivity contribution is 7.91. The molecule has 0 saturated carbocycles. The zero-order valence-electron chi connectivity index (χ0n) is 11.1. The van der Waals surface area contributed by atoms with Crippen molar-refractivity contribution in [3.05, 3.63) is 17.0 Å². The molecule has 1 unspecified atom stereocenters. The molecule has 6 nitrogen and oxygen atoms in total. The molecule has 20 heavy (non-hydrogen) atoms. The van der Waals surface area contributed by atoms with Crippen LogP contribution in [0.4, 0.5) is 0 Å². The van der Waals surface area contributed by atoms with Crippen LogP contribution in [0.15, 0.2) is 15.7 Å². The lowest BCUT2D eigenvalue weighted by Gasteiger charge is -2.21. The van der Waals surface area contributed by atoms with Gasteiger partial charge in [0.15, 0.2) is 0 Å². The normalized spacial score (nSPS) is 25.3. The van der Waals surface area contributed by atoms with Crippen molar-refractivity contribution in [1.29, 1.82) is 0 Å². The molecule has 1 aromatic rings. The first-order valence-electron chi connectivity index (χ1n) is 6.27. The van der Waals surface area contributed by atoms with E-state index in [1.165, 1.54) is 15.8 Å². The Morgan fingerprint density at radius 1 is 1.40 bits per heavy atom. The molecule has 0 radical (unpaired) electrons. The number of aromatic carboxylic acids is 1. The van der Waals surface area contributed by atoms with E-state index in [0.717, 1.165) is 11.3 Å². The van der Waals surface area contributed by atoms with Gasteiger partial charge in [-0.2, -0.15) is 4.31 Å². The molecule has 1 fully saturated rings. The van der Waals surface area contributed by atoms with Crippen LogP contribution in [0.5, 0.6) is 0 Å². The quantitative estimate of drug-likeness (QED) is 0.877. The molecule has 8 heteroatoms. The number of hydrogen-bond acceptors (Lipinski definition) is 5. The number of hydrogen-bond donors (Lipinski definition) is 2. The van der Waals surface area contributed by atoms with E-state index in [1.54, 1.807) is 6.92 Å². The van der Waals surface area contributed by atoms with Crippen LogP contribution in [0.1, 0.15) is 36.5 Å². The Morgan fingerprint density at radius 3 is 2.70 bits per heavy atom. The van der Waals surface area contributed by atoms with Gasteiger partial charge in [-0.25, -0.2) is 13.2 Å². The summed E-state index contributed by atoms with van der Waals surface area (Å²) in [5, 5.41) is 20.2. The fourth-order valence-corrected chi connectivity index (χ4v) is 4.96. The molecular weight excluding hydrogens is 302 g/mol. The predicted octanol–water partition coefficient (Wildman–Crippen LogP) is 1.37. The van der Waals surface area contributed by atoms with Crippen molar-refractivity contribution in [2.24, 2.45) is 0 Å². The standard InChI is InChI=1S/C12H17NO5S2/c1-12(16)3-2-5-13(6-4-12)20(17,18)10-7-9(8-19-10)11(14)15/h7-8,16H,2-6H2,1H3,(H,14,15). The average molecular weight is 319 g/mol. The molecule has 112 valence electrons. The van der Waals surface area contributed by atoms with Gasteiger partial charge >= 0.3 is 5.97 Å². The van der Waals surface area contributed by atoms with Crippen LogP contribution in [0, 0.1) is 0 Å². The molecule has 2 heterocycles. The summed E-state index contributed by atoms with van der Waals surface area (Å²) < 4.78 is 26.3. The van der Waals surface area contributed by atoms with Gasteiger partial charge in [0, 0.05) is 18.5 Å². The summed E-state index contributed by atoms with van der Waals surface area (Å²) in [6.07, 6.45) is 1.52. The minimum Gasteiger partial charge on any atom is -0.478 e. The first-order chi connectivity index (χ1) is 9.22. The van der Waals surface area contributed by atoms with Crippen LogP contribution in [0.3, 0.4) is 0 Å². The number of thiophene rings is 1. The van der Waals surface area contributed by atoms with E-state index in [9.17, 15) is 18.3 Å². The van der Waals surface area contributed by atoms with Crippen LogP contribution in [-0.2, 0) is 10.0 Å². The molecule has 1 saturated heterocycles. The maximum Gasteiger partial charge on any atom is 0.336 e. The van der Waals surface area contributed by atoms with E-state index < -0.39 is 21.6 Å². The molecule has 0 amide bonds. The second kappa shape index (κ2) is 5.44. The Kier molecular flexibility index (Phi) is 4.19. The van der Waals surface area contributed by atoms with Gasteiger partial charge in [-0.1, -0.05) is 0 Å². The number of sulfonamides is 1. The van der Waals surface area contributed by atoms with Crippen LogP contribution < -0.4 is 0 Å². The van der Waals surface area contributed by atoms with Crippen LogP contribution in [0.25, 0.3) is 0 Å². The monoisotopic (exact) mass is 319 g/mol. The summed E-state index contributed by atoms with van der Waals surface area (Å²) in [6, 6.07) is 1.19. The van der Waals surface area contributed by atoms with E-state index >= 15 is 0 Å². The molecule has 1 aliphatic rings. The predicted molar refractivity (Wildman–Crippen MR) is 74.5 cm³/mol. The maximum atomic E-state index is 12.4. The Hall–Kier alpha value is -0.960. The first-order valence-corrected chi connectivity index (χ1v) is 8.59. The number of carboxylic acids is 1. The van der Waals surface area contributed by atoms with Gasteiger partial charge in [0.1, 0.15) is 4.21 Å². The minimum absolute atomic E-state index is 0.0182. The summed E-state index contributed by atoms with van der Waals surface area (Å²) in [5.74, 6) is -1.14. The maximum absolute atomic E-state index is 12.4. The molecule has 1 aromatic heterocycles. The summed E-state index contributed by atoms with van der Waals surface area (Å²) in [5.41, 5.74) is -0.859. The van der Waals surface area contributed by atoms with Crippen molar-refractivity contribution in [2.45, 2.75) is 36.0 Å². The van der Waals surface area contributed by atoms with Crippen molar-refractivity contribution >= 4 is 27.3 Å². The van der Waals surface area contributed by atoms with Gasteiger partial charge in [-0.15, -0.1) is 11.3 Å². The molecule has 0 aromatic carbocycles. The largest absolute Gasteiger partial charge is 0.478 e. The van der Waals surface area contributed by atoms with Gasteiger partial charge in [-0.05, 0) is 32.3 Å². The number of carbonyl (C=O) groups is 1. The fourth-order valence-electron chi connectivity index (χ4n) is 2.17. The summed E-state index contributed by atoms with van der Waals surface area (Å²) in [4.78, 5) is 10.8. The van der Waals surface area contributed by atoms with E-state index in [4.69, 9.17) is 5.11 Å². The zero-order chi connectivity index (χ0) is 15.0. The molecular formula is C12H17NO5S2. The number of nitrogens with zero attached hydrogens (tertiary/aromatic N) is 1. The number of aliphatic hydroxyl groups is 1. The van der Waals surface area contributed by atoms with Gasteiger partial charge < -0.3 is 10.2 Å². The third-order valence-corrected chi connectivity index (χ3v) is 6.75. The fraction of sp³-hybridized carbons (Fsp3) is 0.583. The van der Waals surface area contributed by atoms with Crippen molar-refractivity contribution in [1.82, 2.24) is 4.31 Å². The Balaban J connectivity index is 2.23. The van der Waals surface area contributed by atoms with Gasteiger partial charge in [0.2, 0.25) is 0 Å². The lowest BCUT2D eigenvalue weighted by Crippen LogP contribution is -2.33. The van der Waals surface area contributed by atoms with E-state index in [0.29, 0.717) is 25.8 Å².